The van der Waals surface area contributed by atoms with Crippen LogP contribution in [0.25, 0.3) is 0 Å². The number of aliphatic carboxylic acids is 1. The number of hydrogen-bond acceptors (Lipinski definition) is 4. The van der Waals surface area contributed by atoms with E-state index in [9.17, 15) is 14.4 Å². The van der Waals surface area contributed by atoms with Crippen molar-refractivity contribution >= 4 is 23.5 Å². The minimum Gasteiger partial charge on any atom is -0.481 e. The smallest absolute Gasteiger partial charge is 0.303 e. The van der Waals surface area contributed by atoms with Gasteiger partial charge in [0.15, 0.2) is 11.9 Å². The molecule has 1 aliphatic heterocycles. The van der Waals surface area contributed by atoms with E-state index in [1.54, 1.807) is 25.1 Å². The zero-order chi connectivity index (χ0) is 20.1. The van der Waals surface area contributed by atoms with Crippen molar-refractivity contribution in [1.82, 2.24) is 5.32 Å². The lowest BCUT2D eigenvalue weighted by Crippen LogP contribution is -2.39. The number of amides is 2. The van der Waals surface area contributed by atoms with Crippen molar-refractivity contribution in [2.45, 2.75) is 38.3 Å². The van der Waals surface area contributed by atoms with Crippen LogP contribution in [-0.4, -0.2) is 35.0 Å². The van der Waals surface area contributed by atoms with Crippen LogP contribution in [0, 0.1) is 0 Å². The van der Waals surface area contributed by atoms with E-state index in [4.69, 9.17) is 9.84 Å². The predicted octanol–water partition coefficient (Wildman–Crippen LogP) is 2.61. The first-order valence-corrected chi connectivity index (χ1v) is 9.11. The molecule has 0 spiro atoms. The van der Waals surface area contributed by atoms with E-state index in [-0.39, 0.29) is 24.3 Å². The fraction of sp³-hybridized carbons (Fsp3) is 0.286. The van der Waals surface area contributed by atoms with Gasteiger partial charge in [-0.3, -0.25) is 14.4 Å². The van der Waals surface area contributed by atoms with E-state index in [1.165, 1.54) is 0 Å². The van der Waals surface area contributed by atoms with Crippen LogP contribution in [0.5, 0.6) is 5.75 Å². The standard InChI is InChI=1S/C21H22N2O5/c1-13-20(26)23-17-9-5-8-16(19(17)28-13)21(27)22-15(10-11-18(24)25)12-14-6-3-2-4-7-14/h2-9,13,15H,10-12H2,1H3,(H,22,27)(H,23,26)(H,24,25). The minimum absolute atomic E-state index is 0.0474. The molecular formula is C21H22N2O5. The summed E-state index contributed by atoms with van der Waals surface area (Å²) in [6, 6.07) is 14.2. The van der Waals surface area contributed by atoms with E-state index < -0.39 is 12.1 Å². The van der Waals surface area contributed by atoms with E-state index in [0.717, 1.165) is 5.56 Å². The number of carboxylic acid groups (broad SMARTS) is 1. The van der Waals surface area contributed by atoms with Crippen LogP contribution in [-0.2, 0) is 16.0 Å². The van der Waals surface area contributed by atoms with Crippen molar-refractivity contribution in [3.8, 4) is 5.75 Å². The average Bonchev–Trinajstić information content (AvgIpc) is 2.67. The number of benzene rings is 2. The normalized spacial score (nSPS) is 16.3. The molecule has 146 valence electrons. The lowest BCUT2D eigenvalue weighted by molar-refractivity contribution is -0.137. The Labute approximate surface area is 162 Å². The summed E-state index contributed by atoms with van der Waals surface area (Å²) in [4.78, 5) is 35.7. The van der Waals surface area contributed by atoms with Crippen molar-refractivity contribution in [2.75, 3.05) is 5.32 Å². The van der Waals surface area contributed by atoms with Gasteiger partial charge >= 0.3 is 5.97 Å². The second-order valence-electron chi connectivity index (χ2n) is 6.72. The molecular weight excluding hydrogens is 360 g/mol. The molecule has 2 aromatic carbocycles. The Bertz CT molecular complexity index is 882. The molecule has 1 heterocycles. The number of anilines is 1. The van der Waals surface area contributed by atoms with Crippen LogP contribution in [0.1, 0.15) is 35.7 Å². The first kappa shape index (κ1) is 19.4. The third-order valence-electron chi connectivity index (χ3n) is 4.55. The molecule has 1 aliphatic rings. The third-order valence-corrected chi connectivity index (χ3v) is 4.55. The summed E-state index contributed by atoms with van der Waals surface area (Å²) in [5.41, 5.74) is 1.75. The number of carboxylic acids is 1. The first-order chi connectivity index (χ1) is 13.4. The van der Waals surface area contributed by atoms with E-state index in [0.29, 0.717) is 29.8 Å². The van der Waals surface area contributed by atoms with Crippen molar-refractivity contribution in [3.63, 3.8) is 0 Å². The quantitative estimate of drug-likeness (QED) is 0.683. The second-order valence-corrected chi connectivity index (χ2v) is 6.72. The molecule has 0 saturated heterocycles. The van der Waals surface area contributed by atoms with Crippen LogP contribution in [0.4, 0.5) is 5.69 Å². The third kappa shape index (κ3) is 4.68. The molecule has 0 saturated carbocycles. The van der Waals surface area contributed by atoms with Gasteiger partial charge in [-0.25, -0.2) is 0 Å². The Hall–Kier alpha value is -3.35. The van der Waals surface area contributed by atoms with Gasteiger partial charge in [0.05, 0.1) is 11.3 Å². The SMILES string of the molecule is CC1Oc2c(cccc2C(=O)NC(CCC(=O)O)Cc2ccccc2)NC1=O. The summed E-state index contributed by atoms with van der Waals surface area (Å²) in [5.74, 6) is -1.23. The Morgan fingerprint density at radius 2 is 1.93 bits per heavy atom. The van der Waals surface area contributed by atoms with E-state index in [2.05, 4.69) is 10.6 Å². The Kier molecular flexibility index (Phi) is 5.93. The van der Waals surface area contributed by atoms with Gasteiger partial charge < -0.3 is 20.5 Å². The number of ether oxygens (including phenoxy) is 1. The topological polar surface area (TPSA) is 105 Å². The van der Waals surface area contributed by atoms with Crippen LogP contribution in [0.3, 0.4) is 0 Å². The van der Waals surface area contributed by atoms with Crippen molar-refractivity contribution in [3.05, 3.63) is 59.7 Å². The number of fused-ring (bicyclic) bond motifs is 1. The molecule has 7 nitrogen and oxygen atoms in total. The highest BCUT2D eigenvalue weighted by Gasteiger charge is 2.28. The summed E-state index contributed by atoms with van der Waals surface area (Å²) in [6.45, 7) is 1.61. The van der Waals surface area contributed by atoms with Gasteiger partial charge in [-0.05, 0) is 37.5 Å². The number of para-hydroxylation sites is 1. The van der Waals surface area contributed by atoms with Gasteiger partial charge in [0.2, 0.25) is 0 Å². The number of carbonyl (C=O) groups excluding carboxylic acids is 2. The first-order valence-electron chi connectivity index (χ1n) is 9.11. The Morgan fingerprint density at radius 3 is 2.64 bits per heavy atom. The highest BCUT2D eigenvalue weighted by molar-refractivity contribution is 6.04. The lowest BCUT2D eigenvalue weighted by atomic mass is 10.0. The highest BCUT2D eigenvalue weighted by Crippen LogP contribution is 2.33. The fourth-order valence-corrected chi connectivity index (χ4v) is 3.09. The van der Waals surface area contributed by atoms with Crippen molar-refractivity contribution in [1.29, 1.82) is 0 Å². The zero-order valence-electron chi connectivity index (χ0n) is 15.5. The van der Waals surface area contributed by atoms with Crippen molar-refractivity contribution in [2.24, 2.45) is 0 Å². The molecule has 0 fully saturated rings. The fourth-order valence-electron chi connectivity index (χ4n) is 3.09. The maximum absolute atomic E-state index is 12.9. The van der Waals surface area contributed by atoms with Gasteiger partial charge in [0.25, 0.3) is 11.8 Å². The largest absolute Gasteiger partial charge is 0.481 e. The van der Waals surface area contributed by atoms with Gasteiger partial charge in [-0.1, -0.05) is 36.4 Å². The van der Waals surface area contributed by atoms with Crippen LogP contribution < -0.4 is 15.4 Å². The molecule has 0 bridgehead atoms. The Balaban J connectivity index is 1.79. The van der Waals surface area contributed by atoms with Gasteiger partial charge in [-0.15, -0.1) is 0 Å². The van der Waals surface area contributed by atoms with Gasteiger partial charge in [0.1, 0.15) is 0 Å². The summed E-state index contributed by atoms with van der Waals surface area (Å²) < 4.78 is 5.63. The lowest BCUT2D eigenvalue weighted by Gasteiger charge is -2.26. The molecule has 2 atom stereocenters. The molecule has 2 amide bonds. The molecule has 28 heavy (non-hydrogen) atoms. The Morgan fingerprint density at radius 1 is 1.18 bits per heavy atom. The summed E-state index contributed by atoms with van der Waals surface area (Å²) >= 11 is 0. The molecule has 2 aromatic rings. The average molecular weight is 382 g/mol. The maximum atomic E-state index is 12.9. The molecule has 3 rings (SSSR count). The molecule has 7 heteroatoms. The number of rotatable bonds is 7. The van der Waals surface area contributed by atoms with Gasteiger partial charge in [-0.2, -0.15) is 0 Å². The summed E-state index contributed by atoms with van der Waals surface area (Å²) in [6.07, 6.45) is 0.0736. The minimum atomic E-state index is -0.913. The maximum Gasteiger partial charge on any atom is 0.303 e. The zero-order valence-corrected chi connectivity index (χ0v) is 15.5. The number of hydrogen-bond donors (Lipinski definition) is 3. The van der Waals surface area contributed by atoms with E-state index in [1.807, 2.05) is 30.3 Å². The molecule has 0 radical (unpaired) electrons. The monoisotopic (exact) mass is 382 g/mol. The molecule has 2 unspecified atom stereocenters. The van der Waals surface area contributed by atoms with Crippen LogP contribution >= 0.6 is 0 Å². The van der Waals surface area contributed by atoms with Crippen molar-refractivity contribution < 1.29 is 24.2 Å². The highest BCUT2D eigenvalue weighted by atomic mass is 16.5. The van der Waals surface area contributed by atoms with Gasteiger partial charge in [0, 0.05) is 12.5 Å². The summed E-state index contributed by atoms with van der Waals surface area (Å²) in [7, 11) is 0. The second kappa shape index (κ2) is 8.56. The number of nitrogens with one attached hydrogen (secondary N) is 2. The van der Waals surface area contributed by atoms with E-state index >= 15 is 0 Å². The molecule has 3 N–H and O–H groups in total. The number of carbonyl (C=O) groups is 3. The molecule has 0 aromatic heterocycles. The summed E-state index contributed by atoms with van der Waals surface area (Å²) in [5, 5.41) is 14.7. The van der Waals surface area contributed by atoms with Crippen LogP contribution in [0.15, 0.2) is 48.5 Å². The van der Waals surface area contributed by atoms with Crippen LogP contribution in [0.2, 0.25) is 0 Å². The predicted molar refractivity (Wildman–Crippen MR) is 103 cm³/mol. The molecule has 0 aliphatic carbocycles.